The molecule has 0 unspecified atom stereocenters. The first kappa shape index (κ1) is 9.40. The molecule has 1 aromatic rings. The molecule has 1 heterocycles. The van der Waals surface area contributed by atoms with Crippen LogP contribution in [0, 0.1) is 17.2 Å². The fourth-order valence-electron chi connectivity index (χ4n) is 0.902. The van der Waals surface area contributed by atoms with Gasteiger partial charge >= 0.3 is 0 Å². The summed E-state index contributed by atoms with van der Waals surface area (Å²) in [7, 11) is 0. The first-order chi connectivity index (χ1) is 6.15. The van der Waals surface area contributed by atoms with E-state index in [1.165, 1.54) is 6.20 Å². The molecule has 1 aromatic heterocycles. The second kappa shape index (κ2) is 3.81. The van der Waals surface area contributed by atoms with Gasteiger partial charge in [0.1, 0.15) is 11.8 Å². The van der Waals surface area contributed by atoms with Crippen LogP contribution in [-0.4, -0.2) is 10.8 Å². The second-order valence-corrected chi connectivity index (χ2v) is 3.06. The summed E-state index contributed by atoms with van der Waals surface area (Å²) in [5.74, 6) is -0.0510. The highest BCUT2D eigenvalue weighted by atomic mass is 16.1. The van der Waals surface area contributed by atoms with Crippen LogP contribution in [0.5, 0.6) is 0 Å². The largest absolute Gasteiger partial charge is 0.292 e. The monoisotopic (exact) mass is 174 g/mol. The first-order valence-corrected chi connectivity index (χ1v) is 4.05. The van der Waals surface area contributed by atoms with Gasteiger partial charge in [0.25, 0.3) is 0 Å². The fraction of sp³-hybridized carbons (Fsp3) is 0.300. The molecule has 1 rings (SSSR count). The molecule has 0 aromatic carbocycles. The lowest BCUT2D eigenvalue weighted by Crippen LogP contribution is -2.09. The van der Waals surface area contributed by atoms with Crippen molar-refractivity contribution in [2.24, 2.45) is 5.92 Å². The topological polar surface area (TPSA) is 53.8 Å². The normalized spacial score (nSPS) is 9.69. The van der Waals surface area contributed by atoms with Crippen LogP contribution in [-0.2, 0) is 0 Å². The number of Topliss-reactive ketones (excluding diaryl/α,β-unsaturated/α-hetero) is 1. The van der Waals surface area contributed by atoms with Crippen LogP contribution < -0.4 is 0 Å². The van der Waals surface area contributed by atoms with E-state index < -0.39 is 0 Å². The van der Waals surface area contributed by atoms with Crippen LogP contribution in [0.1, 0.15) is 29.9 Å². The van der Waals surface area contributed by atoms with Crippen LogP contribution in [0.2, 0.25) is 0 Å². The SMILES string of the molecule is CC(C)C(=O)c1ccc(C#N)cn1. The minimum absolute atomic E-state index is 0.00416. The first-order valence-electron chi connectivity index (χ1n) is 4.05. The van der Waals surface area contributed by atoms with Gasteiger partial charge < -0.3 is 0 Å². The number of carbonyl (C=O) groups excluding carboxylic acids is 1. The molecule has 0 atom stereocenters. The van der Waals surface area contributed by atoms with Gasteiger partial charge in [-0.1, -0.05) is 13.8 Å². The third-order valence-corrected chi connectivity index (χ3v) is 1.67. The predicted octanol–water partition coefficient (Wildman–Crippen LogP) is 1.79. The van der Waals surface area contributed by atoms with Gasteiger partial charge in [-0.2, -0.15) is 5.26 Å². The van der Waals surface area contributed by atoms with Gasteiger partial charge in [0.15, 0.2) is 5.78 Å². The Morgan fingerprint density at radius 3 is 2.62 bits per heavy atom. The van der Waals surface area contributed by atoms with Crippen molar-refractivity contribution in [1.29, 1.82) is 5.26 Å². The van der Waals surface area contributed by atoms with Crippen molar-refractivity contribution >= 4 is 5.78 Å². The third kappa shape index (κ3) is 2.12. The highest BCUT2D eigenvalue weighted by Gasteiger charge is 2.10. The fourth-order valence-corrected chi connectivity index (χ4v) is 0.902. The molecule has 0 saturated carbocycles. The average Bonchev–Trinajstić information content (AvgIpc) is 2.17. The Bertz CT molecular complexity index is 346. The summed E-state index contributed by atoms with van der Waals surface area (Å²) in [5.41, 5.74) is 0.898. The van der Waals surface area contributed by atoms with Crippen molar-refractivity contribution in [2.45, 2.75) is 13.8 Å². The zero-order valence-corrected chi connectivity index (χ0v) is 7.61. The maximum Gasteiger partial charge on any atom is 0.183 e. The van der Waals surface area contributed by atoms with Gasteiger partial charge in [-0.25, -0.2) is 0 Å². The second-order valence-electron chi connectivity index (χ2n) is 3.06. The van der Waals surface area contributed by atoms with Crippen molar-refractivity contribution < 1.29 is 4.79 Å². The quantitative estimate of drug-likeness (QED) is 0.642. The van der Waals surface area contributed by atoms with Crippen LogP contribution >= 0.6 is 0 Å². The molecular weight excluding hydrogens is 164 g/mol. The summed E-state index contributed by atoms with van der Waals surface area (Å²) in [6, 6.07) is 5.13. The molecule has 0 aliphatic carbocycles. The lowest BCUT2D eigenvalue weighted by Gasteiger charge is -2.01. The number of pyridine rings is 1. The van der Waals surface area contributed by atoms with E-state index >= 15 is 0 Å². The van der Waals surface area contributed by atoms with E-state index in [0.29, 0.717) is 11.3 Å². The number of aromatic nitrogens is 1. The van der Waals surface area contributed by atoms with E-state index in [1.54, 1.807) is 12.1 Å². The van der Waals surface area contributed by atoms with E-state index in [1.807, 2.05) is 19.9 Å². The van der Waals surface area contributed by atoms with Crippen molar-refractivity contribution in [3.8, 4) is 6.07 Å². The van der Waals surface area contributed by atoms with E-state index in [-0.39, 0.29) is 11.7 Å². The summed E-state index contributed by atoms with van der Waals surface area (Å²) >= 11 is 0. The summed E-state index contributed by atoms with van der Waals surface area (Å²) in [5, 5.41) is 8.50. The molecule has 0 bridgehead atoms. The summed E-state index contributed by atoms with van der Waals surface area (Å²) < 4.78 is 0. The average molecular weight is 174 g/mol. The number of hydrogen-bond donors (Lipinski definition) is 0. The molecule has 13 heavy (non-hydrogen) atoms. The molecule has 0 spiro atoms. The molecular formula is C10H10N2O. The molecule has 0 saturated heterocycles. The summed E-state index contributed by atoms with van der Waals surface area (Å²) in [6.07, 6.45) is 1.41. The Hall–Kier alpha value is -1.69. The molecule has 66 valence electrons. The number of nitriles is 1. The minimum atomic E-state index is -0.0552. The van der Waals surface area contributed by atoms with Gasteiger partial charge in [0, 0.05) is 12.1 Å². The standard InChI is InChI=1S/C10H10N2O/c1-7(2)10(13)9-4-3-8(5-11)6-12-9/h3-4,6-7H,1-2H3. The number of ketones is 1. The van der Waals surface area contributed by atoms with Gasteiger partial charge in [0.2, 0.25) is 0 Å². The molecule has 0 fully saturated rings. The van der Waals surface area contributed by atoms with Gasteiger partial charge in [-0.3, -0.25) is 9.78 Å². The highest BCUT2D eigenvalue weighted by molar-refractivity contribution is 5.95. The van der Waals surface area contributed by atoms with Crippen LogP contribution in [0.3, 0.4) is 0 Å². The van der Waals surface area contributed by atoms with Gasteiger partial charge in [-0.05, 0) is 12.1 Å². The molecule has 3 nitrogen and oxygen atoms in total. The Kier molecular flexibility index (Phi) is 2.76. The number of carbonyl (C=O) groups is 1. The molecule has 0 aliphatic rings. The summed E-state index contributed by atoms with van der Waals surface area (Å²) in [6.45, 7) is 3.64. The zero-order chi connectivity index (χ0) is 9.84. The van der Waals surface area contributed by atoms with Gasteiger partial charge in [-0.15, -0.1) is 0 Å². The van der Waals surface area contributed by atoms with Gasteiger partial charge in [0.05, 0.1) is 5.56 Å². The lowest BCUT2D eigenvalue weighted by atomic mass is 10.1. The number of rotatable bonds is 2. The van der Waals surface area contributed by atoms with Crippen molar-refractivity contribution in [3.63, 3.8) is 0 Å². The van der Waals surface area contributed by atoms with Crippen molar-refractivity contribution in [2.75, 3.05) is 0 Å². The maximum absolute atomic E-state index is 11.4. The number of hydrogen-bond acceptors (Lipinski definition) is 3. The Balaban J connectivity index is 2.94. The molecule has 0 N–H and O–H groups in total. The molecule has 0 radical (unpaired) electrons. The van der Waals surface area contributed by atoms with Crippen LogP contribution in [0.15, 0.2) is 18.3 Å². The predicted molar refractivity (Wildman–Crippen MR) is 48.1 cm³/mol. The Labute approximate surface area is 77.0 Å². The summed E-state index contributed by atoms with van der Waals surface area (Å²) in [4.78, 5) is 15.3. The van der Waals surface area contributed by atoms with Crippen LogP contribution in [0.4, 0.5) is 0 Å². The molecule has 0 amide bonds. The van der Waals surface area contributed by atoms with E-state index in [4.69, 9.17) is 5.26 Å². The number of nitrogens with zero attached hydrogens (tertiary/aromatic N) is 2. The molecule has 0 aliphatic heterocycles. The maximum atomic E-state index is 11.4. The third-order valence-electron chi connectivity index (χ3n) is 1.67. The highest BCUT2D eigenvalue weighted by Crippen LogP contribution is 2.05. The minimum Gasteiger partial charge on any atom is -0.292 e. The Morgan fingerprint density at radius 2 is 2.23 bits per heavy atom. The Morgan fingerprint density at radius 1 is 1.54 bits per heavy atom. The van der Waals surface area contributed by atoms with Crippen molar-refractivity contribution in [1.82, 2.24) is 4.98 Å². The van der Waals surface area contributed by atoms with Crippen molar-refractivity contribution in [3.05, 3.63) is 29.6 Å². The van der Waals surface area contributed by atoms with E-state index in [2.05, 4.69) is 4.98 Å². The smallest absolute Gasteiger partial charge is 0.183 e. The van der Waals surface area contributed by atoms with Crippen LogP contribution in [0.25, 0.3) is 0 Å². The lowest BCUT2D eigenvalue weighted by molar-refractivity contribution is 0.0934. The molecule has 3 heteroatoms. The van der Waals surface area contributed by atoms with E-state index in [9.17, 15) is 4.79 Å². The zero-order valence-electron chi connectivity index (χ0n) is 7.61. The van der Waals surface area contributed by atoms with E-state index in [0.717, 1.165) is 0 Å².